The second-order valence-corrected chi connectivity index (χ2v) is 7.19. The van der Waals surface area contributed by atoms with E-state index in [1.807, 2.05) is 36.4 Å². The molecule has 5 nitrogen and oxygen atoms in total. The Morgan fingerprint density at radius 1 is 1.33 bits per heavy atom. The van der Waals surface area contributed by atoms with Crippen LogP contribution in [0, 0.1) is 0 Å². The Balaban J connectivity index is 1.82. The zero-order chi connectivity index (χ0) is 17.1. The maximum absolute atomic E-state index is 12.6. The number of nitrogens with one attached hydrogen (secondary N) is 1. The number of nitrogens with zero attached hydrogens (tertiary/aromatic N) is 1. The Kier molecular flexibility index (Phi) is 5.01. The fourth-order valence-corrected chi connectivity index (χ4v) is 3.65. The van der Waals surface area contributed by atoms with Crippen LogP contribution in [0.4, 0.5) is 5.88 Å². The van der Waals surface area contributed by atoms with Gasteiger partial charge in [0.05, 0.1) is 4.88 Å². The summed E-state index contributed by atoms with van der Waals surface area (Å²) in [5.41, 5.74) is 7.57. The lowest BCUT2D eigenvalue weighted by atomic mass is 10.1. The molecule has 3 rings (SSSR count). The van der Waals surface area contributed by atoms with E-state index in [9.17, 15) is 4.79 Å². The van der Waals surface area contributed by atoms with Crippen molar-refractivity contribution >= 4 is 39.1 Å². The molecule has 24 heavy (non-hydrogen) atoms. The molecule has 0 aliphatic heterocycles. The average molecular weight is 406 g/mol. The Bertz CT molecular complexity index is 872. The van der Waals surface area contributed by atoms with Gasteiger partial charge in [0.1, 0.15) is 11.3 Å². The van der Waals surface area contributed by atoms with Crippen molar-refractivity contribution in [2.45, 2.75) is 19.9 Å². The van der Waals surface area contributed by atoms with E-state index in [4.69, 9.17) is 10.3 Å². The number of hydrogen-bond donors (Lipinski definition) is 2. The fourth-order valence-electron chi connectivity index (χ4n) is 2.29. The van der Waals surface area contributed by atoms with Crippen molar-refractivity contribution < 1.29 is 9.32 Å². The molecule has 2 aromatic heterocycles. The van der Waals surface area contributed by atoms with E-state index in [2.05, 4.69) is 33.3 Å². The van der Waals surface area contributed by atoms with Crippen LogP contribution in [0.25, 0.3) is 10.6 Å². The van der Waals surface area contributed by atoms with Gasteiger partial charge in [-0.05, 0) is 30.2 Å². The summed E-state index contributed by atoms with van der Waals surface area (Å²) in [5, 5.41) is 6.84. The van der Waals surface area contributed by atoms with Gasteiger partial charge in [-0.3, -0.25) is 4.79 Å². The van der Waals surface area contributed by atoms with Gasteiger partial charge in [0.25, 0.3) is 5.91 Å². The van der Waals surface area contributed by atoms with E-state index in [1.165, 1.54) is 4.88 Å². The normalized spacial score (nSPS) is 10.8. The Labute approximate surface area is 152 Å². The number of anilines is 1. The highest BCUT2D eigenvalue weighted by Gasteiger charge is 2.23. The van der Waals surface area contributed by atoms with Crippen LogP contribution in [0.5, 0.6) is 0 Å². The smallest absolute Gasteiger partial charge is 0.259 e. The molecule has 0 fully saturated rings. The van der Waals surface area contributed by atoms with Gasteiger partial charge in [0.2, 0.25) is 5.88 Å². The standard InChI is InChI=1S/C17H16BrN3O2S/c1-2-11-7-8-13(24-11)15-14(16(19)23-21-15)17(22)20-9-10-5-3-4-6-12(10)18/h3-8H,2,9,19H2,1H3,(H,20,22). The van der Waals surface area contributed by atoms with Gasteiger partial charge in [-0.1, -0.05) is 46.2 Å². The van der Waals surface area contributed by atoms with Gasteiger partial charge in [-0.15, -0.1) is 11.3 Å². The Hall–Kier alpha value is -2.12. The summed E-state index contributed by atoms with van der Waals surface area (Å²) in [6.07, 6.45) is 0.932. The summed E-state index contributed by atoms with van der Waals surface area (Å²) in [5.74, 6) is -0.271. The van der Waals surface area contributed by atoms with Crippen molar-refractivity contribution in [3.63, 3.8) is 0 Å². The molecule has 0 saturated heterocycles. The third kappa shape index (κ3) is 3.37. The number of carbonyl (C=O) groups excluding carboxylic acids is 1. The number of benzene rings is 1. The van der Waals surface area contributed by atoms with Crippen LogP contribution in [-0.4, -0.2) is 11.1 Å². The van der Waals surface area contributed by atoms with Crippen LogP contribution >= 0.6 is 27.3 Å². The first kappa shape index (κ1) is 16.7. The summed E-state index contributed by atoms with van der Waals surface area (Å²) < 4.78 is 5.99. The first-order valence-corrected chi connectivity index (χ1v) is 9.07. The summed E-state index contributed by atoms with van der Waals surface area (Å²) >= 11 is 5.05. The number of aromatic nitrogens is 1. The first-order chi connectivity index (χ1) is 11.6. The molecule has 1 amide bonds. The van der Waals surface area contributed by atoms with Gasteiger partial charge < -0.3 is 15.6 Å². The maximum Gasteiger partial charge on any atom is 0.259 e. The highest BCUT2D eigenvalue weighted by molar-refractivity contribution is 9.10. The van der Waals surface area contributed by atoms with E-state index in [0.29, 0.717) is 12.2 Å². The van der Waals surface area contributed by atoms with Gasteiger partial charge in [0, 0.05) is 15.9 Å². The minimum absolute atomic E-state index is 0.0288. The number of aryl methyl sites for hydroxylation is 1. The average Bonchev–Trinajstić information content (AvgIpc) is 3.20. The number of halogens is 1. The number of thiophene rings is 1. The highest BCUT2D eigenvalue weighted by atomic mass is 79.9. The second kappa shape index (κ2) is 7.19. The molecule has 0 aliphatic rings. The van der Waals surface area contributed by atoms with Gasteiger partial charge in [-0.2, -0.15) is 0 Å². The molecule has 0 saturated carbocycles. The van der Waals surface area contributed by atoms with Crippen LogP contribution < -0.4 is 11.1 Å². The highest BCUT2D eigenvalue weighted by Crippen LogP contribution is 2.32. The zero-order valence-corrected chi connectivity index (χ0v) is 15.4. The summed E-state index contributed by atoms with van der Waals surface area (Å²) in [7, 11) is 0. The minimum Gasteiger partial charge on any atom is -0.367 e. The fraction of sp³-hybridized carbons (Fsp3) is 0.176. The molecule has 0 bridgehead atoms. The molecule has 3 aromatic rings. The molecule has 0 atom stereocenters. The maximum atomic E-state index is 12.6. The molecular weight excluding hydrogens is 390 g/mol. The summed E-state index contributed by atoms with van der Waals surface area (Å²) in [6, 6.07) is 11.7. The lowest BCUT2D eigenvalue weighted by Gasteiger charge is -2.07. The van der Waals surface area contributed by atoms with Gasteiger partial charge in [0.15, 0.2) is 0 Å². The summed E-state index contributed by atoms with van der Waals surface area (Å²) in [6.45, 7) is 2.47. The quantitative estimate of drug-likeness (QED) is 0.664. The second-order valence-electron chi connectivity index (χ2n) is 5.16. The van der Waals surface area contributed by atoms with E-state index in [0.717, 1.165) is 21.3 Å². The van der Waals surface area contributed by atoms with E-state index in [1.54, 1.807) is 11.3 Å². The summed E-state index contributed by atoms with van der Waals surface area (Å²) in [4.78, 5) is 14.7. The molecule has 0 aliphatic carbocycles. The third-order valence-electron chi connectivity index (χ3n) is 3.59. The van der Waals surface area contributed by atoms with Crippen molar-refractivity contribution in [1.29, 1.82) is 0 Å². The molecular formula is C17H16BrN3O2S. The SMILES string of the molecule is CCc1ccc(-c2noc(N)c2C(=O)NCc2ccccc2Br)s1. The lowest BCUT2D eigenvalue weighted by Crippen LogP contribution is -2.24. The number of carbonyl (C=O) groups is 1. The van der Waals surface area contributed by atoms with Crippen LogP contribution in [0.3, 0.4) is 0 Å². The molecule has 124 valence electrons. The number of rotatable bonds is 5. The largest absolute Gasteiger partial charge is 0.367 e. The number of amides is 1. The molecule has 1 aromatic carbocycles. The van der Waals surface area contributed by atoms with Crippen molar-refractivity contribution in [2.24, 2.45) is 0 Å². The van der Waals surface area contributed by atoms with Crippen LogP contribution in [-0.2, 0) is 13.0 Å². The predicted octanol–water partition coefficient (Wildman–Crippen LogP) is 4.24. The Morgan fingerprint density at radius 2 is 2.12 bits per heavy atom. The molecule has 7 heteroatoms. The van der Waals surface area contributed by atoms with Crippen LogP contribution in [0.2, 0.25) is 0 Å². The monoisotopic (exact) mass is 405 g/mol. The molecule has 0 radical (unpaired) electrons. The number of nitrogens with two attached hydrogens (primary N) is 1. The number of hydrogen-bond acceptors (Lipinski definition) is 5. The van der Waals surface area contributed by atoms with Crippen LogP contribution in [0.15, 0.2) is 45.4 Å². The van der Waals surface area contributed by atoms with Crippen molar-refractivity contribution in [3.8, 4) is 10.6 Å². The Morgan fingerprint density at radius 3 is 2.83 bits per heavy atom. The zero-order valence-electron chi connectivity index (χ0n) is 13.0. The first-order valence-electron chi connectivity index (χ1n) is 7.46. The molecule has 0 spiro atoms. The van der Waals surface area contributed by atoms with Crippen LogP contribution in [0.1, 0.15) is 27.7 Å². The van der Waals surface area contributed by atoms with Gasteiger partial charge in [-0.25, -0.2) is 0 Å². The van der Waals surface area contributed by atoms with Crippen molar-refractivity contribution in [1.82, 2.24) is 10.5 Å². The van der Waals surface area contributed by atoms with Gasteiger partial charge >= 0.3 is 0 Å². The molecule has 0 unspecified atom stereocenters. The van der Waals surface area contributed by atoms with E-state index >= 15 is 0 Å². The predicted molar refractivity (Wildman–Crippen MR) is 98.9 cm³/mol. The minimum atomic E-state index is -0.300. The van der Waals surface area contributed by atoms with Crippen molar-refractivity contribution in [2.75, 3.05) is 5.73 Å². The molecule has 3 N–H and O–H groups in total. The lowest BCUT2D eigenvalue weighted by molar-refractivity contribution is 0.0952. The third-order valence-corrected chi connectivity index (χ3v) is 5.60. The molecule has 2 heterocycles. The van der Waals surface area contributed by atoms with Crippen molar-refractivity contribution in [3.05, 3.63) is 56.9 Å². The van der Waals surface area contributed by atoms with E-state index < -0.39 is 0 Å². The topological polar surface area (TPSA) is 81.2 Å². The van der Waals surface area contributed by atoms with E-state index in [-0.39, 0.29) is 17.4 Å². The number of nitrogen functional groups attached to an aromatic ring is 1.